The highest BCUT2D eigenvalue weighted by molar-refractivity contribution is 5.88. The minimum atomic E-state index is -0.195. The second-order valence-electron chi connectivity index (χ2n) is 7.13. The molecule has 0 unspecified atom stereocenters. The normalized spacial score (nSPS) is 14.5. The third kappa shape index (κ3) is 4.83. The van der Waals surface area contributed by atoms with Crippen molar-refractivity contribution in [1.29, 1.82) is 0 Å². The van der Waals surface area contributed by atoms with Gasteiger partial charge in [-0.3, -0.25) is 14.6 Å². The van der Waals surface area contributed by atoms with Crippen LogP contribution < -0.4 is 10.9 Å². The summed E-state index contributed by atoms with van der Waals surface area (Å²) in [6.07, 6.45) is 9.31. The molecule has 2 N–H and O–H groups in total. The van der Waals surface area contributed by atoms with E-state index in [2.05, 4.69) is 20.3 Å². The number of carbonyl (C=O) groups is 1. The maximum absolute atomic E-state index is 12.2. The fourth-order valence-electron chi connectivity index (χ4n) is 2.89. The molecule has 28 heavy (non-hydrogen) atoms. The first-order valence-corrected chi connectivity index (χ1v) is 9.37. The number of carbonyl (C=O) groups excluding carboxylic acids is 1. The zero-order valence-electron chi connectivity index (χ0n) is 16.5. The molecule has 1 aliphatic rings. The summed E-state index contributed by atoms with van der Waals surface area (Å²) in [5.74, 6) is -0.00536. The highest BCUT2D eigenvalue weighted by Gasteiger charge is 2.29. The van der Waals surface area contributed by atoms with Gasteiger partial charge in [-0.2, -0.15) is 0 Å². The molecule has 0 aliphatic carbocycles. The van der Waals surface area contributed by atoms with Crippen LogP contribution in [0.1, 0.15) is 12.6 Å². The molecule has 0 aromatic carbocycles. The Hall–Kier alpha value is -3.00. The molecule has 8 nitrogen and oxygen atoms in total. The van der Waals surface area contributed by atoms with Crippen molar-refractivity contribution in [3.8, 4) is 11.3 Å². The molecule has 0 spiro atoms. The Kier molecular flexibility index (Phi) is 6.20. The highest BCUT2D eigenvalue weighted by atomic mass is 16.2. The van der Waals surface area contributed by atoms with Gasteiger partial charge in [0.05, 0.1) is 23.6 Å². The van der Waals surface area contributed by atoms with Crippen LogP contribution in [0.3, 0.4) is 0 Å². The van der Waals surface area contributed by atoms with Crippen molar-refractivity contribution in [3.63, 3.8) is 0 Å². The predicted octanol–water partition coefficient (Wildman–Crippen LogP) is 1.13. The number of amides is 1. The number of pyridine rings is 1. The molecular formula is C20H26N6O2. The van der Waals surface area contributed by atoms with E-state index in [-0.39, 0.29) is 17.5 Å². The van der Waals surface area contributed by atoms with E-state index >= 15 is 0 Å². The topological polar surface area (TPSA) is 94.2 Å². The molecule has 2 aromatic rings. The fraction of sp³-hybridized carbons (Fsp3) is 0.400. The lowest BCUT2D eigenvalue weighted by Gasteiger charge is -2.39. The van der Waals surface area contributed by atoms with Crippen LogP contribution in [-0.2, 0) is 11.2 Å². The number of likely N-dealkylation sites (N-methyl/N-ethyl adjacent to an activating group) is 1. The summed E-state index contributed by atoms with van der Waals surface area (Å²) < 4.78 is 0. The maximum Gasteiger partial charge on any atom is 0.271 e. The Morgan fingerprint density at radius 2 is 2.18 bits per heavy atom. The number of anilines is 1. The van der Waals surface area contributed by atoms with E-state index in [1.807, 2.05) is 32.0 Å². The van der Waals surface area contributed by atoms with Crippen LogP contribution in [0.2, 0.25) is 0 Å². The molecule has 148 valence electrons. The molecule has 0 atom stereocenters. The van der Waals surface area contributed by atoms with Crippen molar-refractivity contribution < 1.29 is 4.79 Å². The number of nitrogens with zero attached hydrogens (tertiary/aromatic N) is 4. The average molecular weight is 382 g/mol. The lowest BCUT2D eigenvalue weighted by Crippen LogP contribution is -2.57. The molecule has 1 fully saturated rings. The van der Waals surface area contributed by atoms with Gasteiger partial charge in [-0.1, -0.05) is 13.0 Å². The van der Waals surface area contributed by atoms with Gasteiger partial charge in [0.15, 0.2) is 0 Å². The van der Waals surface area contributed by atoms with E-state index in [0.29, 0.717) is 18.8 Å². The predicted molar refractivity (Wildman–Crippen MR) is 109 cm³/mol. The average Bonchev–Trinajstić information content (AvgIpc) is 2.65. The number of aromatic amines is 1. The third-order valence-electron chi connectivity index (χ3n) is 4.53. The summed E-state index contributed by atoms with van der Waals surface area (Å²) in [6.45, 7) is 3.89. The summed E-state index contributed by atoms with van der Waals surface area (Å²) in [5, 5.41) is 3.23. The Morgan fingerprint density at radius 3 is 2.89 bits per heavy atom. The lowest BCUT2D eigenvalue weighted by molar-refractivity contribution is -0.129. The van der Waals surface area contributed by atoms with Gasteiger partial charge in [-0.05, 0) is 26.6 Å². The molecule has 3 rings (SSSR count). The largest absolute Gasteiger partial charge is 0.374 e. The number of H-pyrrole nitrogens is 1. The molecule has 8 heteroatoms. The first-order valence-electron chi connectivity index (χ1n) is 9.37. The summed E-state index contributed by atoms with van der Waals surface area (Å²) in [5.41, 5.74) is 2.69. The van der Waals surface area contributed by atoms with Gasteiger partial charge >= 0.3 is 0 Å². The molecule has 3 heterocycles. The van der Waals surface area contributed by atoms with Crippen LogP contribution in [0, 0.1) is 0 Å². The molecule has 1 aliphatic heterocycles. The standard InChI is InChI=1S/C20H26N6O2/c1-4-15-10-21-11-18(23-15)14-8-17(20(28)22-9-14)24-16-12-26(13-16)19(27)6-5-7-25(2)3/h5-6,8-11,16,24H,4,7,12-13H2,1-3H3,(H,22,28)/b6-5+. The van der Waals surface area contributed by atoms with E-state index in [0.717, 1.165) is 29.9 Å². The van der Waals surface area contributed by atoms with Crippen molar-refractivity contribution in [2.24, 2.45) is 0 Å². The van der Waals surface area contributed by atoms with E-state index < -0.39 is 0 Å². The fourth-order valence-corrected chi connectivity index (χ4v) is 2.89. The van der Waals surface area contributed by atoms with Crippen molar-refractivity contribution in [1.82, 2.24) is 24.8 Å². The van der Waals surface area contributed by atoms with Crippen LogP contribution in [-0.4, -0.2) is 70.4 Å². The quantitative estimate of drug-likeness (QED) is 0.698. The van der Waals surface area contributed by atoms with Crippen LogP contribution in [0.4, 0.5) is 5.69 Å². The maximum atomic E-state index is 12.2. The number of likely N-dealkylation sites (tertiary alicyclic amines) is 1. The van der Waals surface area contributed by atoms with Crippen molar-refractivity contribution >= 4 is 11.6 Å². The number of rotatable bonds is 7. The van der Waals surface area contributed by atoms with E-state index in [1.165, 1.54) is 0 Å². The van der Waals surface area contributed by atoms with Gasteiger partial charge in [-0.25, -0.2) is 4.98 Å². The van der Waals surface area contributed by atoms with E-state index in [9.17, 15) is 9.59 Å². The first kappa shape index (κ1) is 19.8. The molecule has 2 aromatic heterocycles. The summed E-state index contributed by atoms with van der Waals surface area (Å²) in [4.78, 5) is 39.5. The number of nitrogens with one attached hydrogen (secondary N) is 2. The molecule has 0 radical (unpaired) electrons. The Morgan fingerprint density at radius 1 is 1.39 bits per heavy atom. The van der Waals surface area contributed by atoms with Gasteiger partial charge in [0, 0.05) is 43.7 Å². The van der Waals surface area contributed by atoms with Gasteiger partial charge in [-0.15, -0.1) is 0 Å². The van der Waals surface area contributed by atoms with Crippen molar-refractivity contribution in [2.45, 2.75) is 19.4 Å². The Labute approximate surface area is 164 Å². The second-order valence-corrected chi connectivity index (χ2v) is 7.13. The summed E-state index contributed by atoms with van der Waals surface area (Å²) >= 11 is 0. The number of aryl methyl sites for hydroxylation is 1. The van der Waals surface area contributed by atoms with E-state index in [4.69, 9.17) is 0 Å². The van der Waals surface area contributed by atoms with E-state index in [1.54, 1.807) is 35.6 Å². The van der Waals surface area contributed by atoms with Crippen molar-refractivity contribution in [2.75, 3.05) is 39.0 Å². The van der Waals surface area contributed by atoms with Gasteiger partial charge < -0.3 is 20.1 Å². The lowest BCUT2D eigenvalue weighted by atomic mass is 10.1. The zero-order chi connectivity index (χ0) is 20.1. The smallest absolute Gasteiger partial charge is 0.271 e. The minimum absolute atomic E-state index is 0.00536. The van der Waals surface area contributed by atoms with Crippen LogP contribution >= 0.6 is 0 Å². The number of hydrogen-bond acceptors (Lipinski definition) is 6. The zero-order valence-corrected chi connectivity index (χ0v) is 16.5. The van der Waals surface area contributed by atoms with Crippen LogP contribution in [0.25, 0.3) is 11.3 Å². The SMILES string of the molecule is CCc1cncc(-c2c[nH]c(=O)c(NC3CN(C(=O)/C=C/CN(C)C)C3)c2)n1. The van der Waals surface area contributed by atoms with Gasteiger partial charge in [0.25, 0.3) is 5.56 Å². The highest BCUT2D eigenvalue weighted by Crippen LogP contribution is 2.19. The van der Waals surface area contributed by atoms with Crippen LogP contribution in [0.5, 0.6) is 0 Å². The molecule has 0 saturated carbocycles. The number of hydrogen-bond donors (Lipinski definition) is 2. The Balaban J connectivity index is 1.62. The third-order valence-corrected chi connectivity index (χ3v) is 4.53. The minimum Gasteiger partial charge on any atom is -0.374 e. The monoisotopic (exact) mass is 382 g/mol. The van der Waals surface area contributed by atoms with Crippen molar-refractivity contribution in [3.05, 3.63) is 52.9 Å². The molecule has 1 saturated heterocycles. The molecule has 1 amide bonds. The summed E-state index contributed by atoms with van der Waals surface area (Å²) in [7, 11) is 3.91. The first-order chi connectivity index (χ1) is 13.5. The molecule has 0 bridgehead atoms. The van der Waals surface area contributed by atoms with Crippen LogP contribution in [0.15, 0.2) is 41.6 Å². The number of aromatic nitrogens is 3. The van der Waals surface area contributed by atoms with Gasteiger partial charge in [0.1, 0.15) is 5.69 Å². The summed E-state index contributed by atoms with van der Waals surface area (Å²) in [6, 6.07) is 1.83. The molecular weight excluding hydrogens is 356 g/mol. The van der Waals surface area contributed by atoms with Gasteiger partial charge in [0.2, 0.25) is 5.91 Å². The second kappa shape index (κ2) is 8.79. The Bertz CT molecular complexity index is 915.